The molecule has 2 amide bonds. The summed E-state index contributed by atoms with van der Waals surface area (Å²) in [5.74, 6) is 0.00469. The molecule has 33 heavy (non-hydrogen) atoms. The lowest BCUT2D eigenvalue weighted by Crippen LogP contribution is -2.51. The molecule has 3 aliphatic rings. The lowest BCUT2D eigenvalue weighted by atomic mass is 10.0. The van der Waals surface area contributed by atoms with Gasteiger partial charge in [-0.15, -0.1) is 0 Å². The van der Waals surface area contributed by atoms with Crippen LogP contribution in [0.1, 0.15) is 28.8 Å². The van der Waals surface area contributed by atoms with Crippen LogP contribution in [0.5, 0.6) is 11.5 Å². The number of fused-ring (bicyclic) bond motifs is 9. The number of hydrogen-bond acceptors (Lipinski definition) is 5. The maximum Gasteiger partial charge on any atom is 0.255 e. The second kappa shape index (κ2) is 9.86. The van der Waals surface area contributed by atoms with Crippen LogP contribution >= 0.6 is 27.5 Å². The van der Waals surface area contributed by atoms with Gasteiger partial charge in [0.15, 0.2) is 0 Å². The molecule has 2 N–H and O–H groups in total. The van der Waals surface area contributed by atoms with Gasteiger partial charge in [-0.2, -0.15) is 5.26 Å². The summed E-state index contributed by atoms with van der Waals surface area (Å²) >= 11 is 9.75. The molecule has 0 saturated heterocycles. The Kier molecular flexibility index (Phi) is 6.91. The largest absolute Gasteiger partial charge is 0.489 e. The lowest BCUT2D eigenvalue weighted by Gasteiger charge is -2.21. The van der Waals surface area contributed by atoms with E-state index >= 15 is 0 Å². The Morgan fingerprint density at radius 3 is 2.52 bits per heavy atom. The molecule has 0 spiro atoms. The molecule has 2 aromatic rings. The van der Waals surface area contributed by atoms with E-state index in [2.05, 4.69) is 32.6 Å². The SMILES string of the molecule is N#CC1(NC(=O)[C@@H]2Cc3ccc(c(Cl)c3)OC/C=C\COc3ccc(Br)cc3C(=O)N2)CC1. The van der Waals surface area contributed by atoms with Crippen molar-refractivity contribution in [2.45, 2.75) is 30.8 Å². The van der Waals surface area contributed by atoms with E-state index in [1.54, 1.807) is 48.6 Å². The minimum Gasteiger partial charge on any atom is -0.489 e. The van der Waals surface area contributed by atoms with Gasteiger partial charge in [0.2, 0.25) is 5.91 Å². The van der Waals surface area contributed by atoms with Gasteiger partial charge >= 0.3 is 0 Å². The first-order valence-electron chi connectivity index (χ1n) is 10.4. The van der Waals surface area contributed by atoms with Gasteiger partial charge in [0.1, 0.15) is 36.3 Å². The summed E-state index contributed by atoms with van der Waals surface area (Å²) in [6.45, 7) is 0.532. The van der Waals surface area contributed by atoms with E-state index in [9.17, 15) is 14.9 Å². The molecule has 5 rings (SSSR count). The molecule has 1 atom stereocenters. The molecule has 2 aliphatic heterocycles. The monoisotopic (exact) mass is 529 g/mol. The van der Waals surface area contributed by atoms with Crippen molar-refractivity contribution in [2.24, 2.45) is 0 Å². The summed E-state index contributed by atoms with van der Waals surface area (Å²) in [7, 11) is 0. The average molecular weight is 531 g/mol. The fraction of sp³-hybridized carbons (Fsp3) is 0.292. The second-order valence-electron chi connectivity index (χ2n) is 7.91. The van der Waals surface area contributed by atoms with Crippen molar-refractivity contribution in [1.82, 2.24) is 10.6 Å². The third-order valence-electron chi connectivity index (χ3n) is 5.41. The smallest absolute Gasteiger partial charge is 0.255 e. The Hall–Kier alpha value is -3.02. The minimum atomic E-state index is -0.925. The zero-order valence-electron chi connectivity index (χ0n) is 17.6. The van der Waals surface area contributed by atoms with E-state index in [-0.39, 0.29) is 18.6 Å². The van der Waals surface area contributed by atoms with Gasteiger partial charge in [0.05, 0.1) is 16.7 Å². The molecule has 1 saturated carbocycles. The van der Waals surface area contributed by atoms with E-state index in [4.69, 9.17) is 21.1 Å². The fourth-order valence-electron chi connectivity index (χ4n) is 3.40. The third-order valence-corrected chi connectivity index (χ3v) is 6.20. The number of ether oxygens (including phenoxy) is 2. The van der Waals surface area contributed by atoms with E-state index in [0.29, 0.717) is 40.4 Å². The van der Waals surface area contributed by atoms with Crippen LogP contribution in [0.2, 0.25) is 5.02 Å². The van der Waals surface area contributed by atoms with Gasteiger partial charge in [-0.05, 0) is 60.9 Å². The van der Waals surface area contributed by atoms with E-state index in [1.165, 1.54) is 0 Å². The van der Waals surface area contributed by atoms with Crippen LogP contribution in [0, 0.1) is 11.3 Å². The van der Waals surface area contributed by atoms with Gasteiger partial charge < -0.3 is 20.1 Å². The van der Waals surface area contributed by atoms with Gasteiger partial charge in [-0.1, -0.05) is 33.6 Å². The predicted octanol–water partition coefficient (Wildman–Crippen LogP) is 3.94. The molecule has 0 radical (unpaired) electrons. The van der Waals surface area contributed by atoms with Crippen LogP contribution in [-0.2, 0) is 11.2 Å². The van der Waals surface area contributed by atoms with Crippen molar-refractivity contribution in [3.63, 3.8) is 0 Å². The fourth-order valence-corrected chi connectivity index (χ4v) is 4.02. The van der Waals surface area contributed by atoms with Gasteiger partial charge in [0.25, 0.3) is 5.91 Å². The highest BCUT2D eigenvalue weighted by molar-refractivity contribution is 9.10. The standard InChI is InChI=1S/C24H21BrClN3O4/c25-16-4-6-20-17(13-16)22(30)28-19(23(31)29-24(14-27)7-8-24)12-15-3-5-21(18(26)11-15)33-10-2-1-9-32-20/h1-6,11,13,19H,7-10,12H2,(H,28,30)(H,29,31)/b2-1-/t19-/m0/s1. The quantitative estimate of drug-likeness (QED) is 0.573. The van der Waals surface area contributed by atoms with Crippen LogP contribution < -0.4 is 20.1 Å². The number of nitriles is 1. The number of carbonyl (C=O) groups excluding carboxylic acids is 2. The molecule has 2 bridgehead atoms. The second-order valence-corrected chi connectivity index (χ2v) is 9.23. The van der Waals surface area contributed by atoms with Gasteiger partial charge in [0, 0.05) is 10.9 Å². The van der Waals surface area contributed by atoms with Gasteiger partial charge in [-0.3, -0.25) is 9.59 Å². The number of hydrogen-bond donors (Lipinski definition) is 2. The number of halogens is 2. The topological polar surface area (TPSA) is 100 Å². The first-order valence-corrected chi connectivity index (χ1v) is 11.6. The van der Waals surface area contributed by atoms with E-state index in [0.717, 1.165) is 5.56 Å². The minimum absolute atomic E-state index is 0.184. The van der Waals surface area contributed by atoms with Crippen molar-refractivity contribution >= 4 is 39.3 Å². The molecular formula is C24H21BrClN3O4. The van der Waals surface area contributed by atoms with Crippen molar-refractivity contribution < 1.29 is 19.1 Å². The number of carbonyl (C=O) groups is 2. The lowest BCUT2D eigenvalue weighted by molar-refractivity contribution is -0.123. The summed E-state index contributed by atoms with van der Waals surface area (Å²) in [5, 5.41) is 15.4. The summed E-state index contributed by atoms with van der Waals surface area (Å²) in [6, 6.07) is 11.6. The molecule has 0 unspecified atom stereocenters. The highest BCUT2D eigenvalue weighted by atomic mass is 79.9. The number of rotatable bonds is 2. The highest BCUT2D eigenvalue weighted by Crippen LogP contribution is 2.34. The van der Waals surface area contributed by atoms with Crippen LogP contribution in [0.4, 0.5) is 0 Å². The summed E-state index contributed by atoms with van der Waals surface area (Å²) in [5.41, 5.74) is 0.166. The summed E-state index contributed by atoms with van der Waals surface area (Å²) in [6.07, 6.45) is 4.95. The predicted molar refractivity (Wildman–Crippen MR) is 126 cm³/mol. The van der Waals surface area contributed by atoms with Gasteiger partial charge in [-0.25, -0.2) is 0 Å². The van der Waals surface area contributed by atoms with Crippen molar-refractivity contribution in [1.29, 1.82) is 5.26 Å². The maximum absolute atomic E-state index is 13.2. The molecule has 9 heteroatoms. The molecule has 1 aliphatic carbocycles. The molecule has 2 aromatic carbocycles. The Morgan fingerprint density at radius 2 is 1.85 bits per heavy atom. The number of nitrogens with one attached hydrogen (secondary N) is 2. The first kappa shape index (κ1) is 23.1. The Balaban J connectivity index is 1.67. The van der Waals surface area contributed by atoms with E-state index < -0.39 is 23.4 Å². The molecule has 170 valence electrons. The Morgan fingerprint density at radius 1 is 1.15 bits per heavy atom. The van der Waals surface area contributed by atoms with Crippen LogP contribution in [0.3, 0.4) is 0 Å². The zero-order chi connectivity index (χ0) is 23.4. The van der Waals surface area contributed by atoms with Crippen LogP contribution in [-0.4, -0.2) is 36.6 Å². The molecule has 7 nitrogen and oxygen atoms in total. The maximum atomic E-state index is 13.2. The van der Waals surface area contributed by atoms with Crippen molar-refractivity contribution in [2.75, 3.05) is 13.2 Å². The summed E-state index contributed by atoms with van der Waals surface area (Å²) < 4.78 is 12.2. The van der Waals surface area contributed by atoms with Crippen LogP contribution in [0.15, 0.2) is 53.0 Å². The highest BCUT2D eigenvalue weighted by Gasteiger charge is 2.45. The zero-order valence-corrected chi connectivity index (χ0v) is 19.9. The average Bonchev–Trinajstić information content (AvgIpc) is 3.56. The number of amides is 2. The van der Waals surface area contributed by atoms with Crippen molar-refractivity contribution in [3.8, 4) is 17.6 Å². The normalized spacial score (nSPS) is 20.3. The molecule has 1 fully saturated rings. The van der Waals surface area contributed by atoms with Crippen LogP contribution in [0.25, 0.3) is 0 Å². The van der Waals surface area contributed by atoms with Crippen molar-refractivity contribution in [3.05, 3.63) is 69.2 Å². The summed E-state index contributed by atoms with van der Waals surface area (Å²) in [4.78, 5) is 26.3. The molecule has 0 aromatic heterocycles. The van der Waals surface area contributed by atoms with E-state index in [1.807, 2.05) is 0 Å². The molecular weight excluding hydrogens is 510 g/mol. The Bertz CT molecular complexity index is 1160. The number of benzene rings is 2. The third kappa shape index (κ3) is 5.67. The Labute approximate surface area is 204 Å². The molecule has 2 heterocycles. The first-order chi connectivity index (χ1) is 15.9. The number of nitrogens with zero attached hydrogens (tertiary/aromatic N) is 1.